The largest absolute Gasteiger partial charge is 2.00 e. The third kappa shape index (κ3) is 29.4. The molecule has 0 aromatic heterocycles. The van der Waals surface area contributed by atoms with Gasteiger partial charge in [-0.1, -0.05) is 0 Å². The number of nitrogens with zero attached hydrogens (tertiary/aromatic N) is 1. The second-order valence-electron chi connectivity index (χ2n) is 8.54. The van der Waals surface area contributed by atoms with Crippen LogP contribution in [0, 0.1) is 0 Å². The molecule has 0 aromatic rings. The molecule has 0 spiro atoms. The van der Waals surface area contributed by atoms with E-state index in [-0.39, 0.29) is 75.6 Å². The number of hydrogen-bond acceptors (Lipinski definition) is 17. The zero-order chi connectivity index (χ0) is 30.4. The van der Waals surface area contributed by atoms with E-state index in [9.17, 15) is 69.3 Å². The average Bonchev–Trinajstić information content (AvgIpc) is 2.57. The number of aliphatic hydroxyl groups is 3. The van der Waals surface area contributed by atoms with E-state index >= 15 is 0 Å². The molecule has 0 aromatic carbocycles. The number of aliphatic hydroxyl groups excluding tert-OH is 1. The fraction of sp³-hybridized carbons (Fsp3) is 0.632. The van der Waals surface area contributed by atoms with Crippen molar-refractivity contribution in [3.05, 3.63) is 0 Å². The predicted octanol–water partition coefficient (Wildman–Crippen LogP) is -13.5. The monoisotopic (exact) mass is 611 g/mol. The number of aliphatic carboxylic acids is 7. The summed E-state index contributed by atoms with van der Waals surface area (Å²) in [5.74, 6) is -13.2. The Hall–Kier alpha value is -1.57. The van der Waals surface area contributed by atoms with Gasteiger partial charge in [0.05, 0.1) is 33.1 Å². The van der Waals surface area contributed by atoms with Gasteiger partial charge in [-0.15, -0.1) is 0 Å². The van der Waals surface area contributed by atoms with Gasteiger partial charge >= 0.3 is 69.2 Å². The molecular weight excluding hydrogens is 587 g/mol. The molecule has 0 saturated carbocycles. The van der Waals surface area contributed by atoms with E-state index < -0.39 is 84.8 Å². The van der Waals surface area contributed by atoms with Gasteiger partial charge < -0.3 is 89.1 Å². The SMILES string of the molecule is C[N+](C)(C)C[C@@H](O)CC(=O)[O-].O=C([O-])CC(O)(CC(=O)[O-])C(=O)[O-].O=C([O-])CC(O)(CC(=O)[O-])C(=O)[O-].[Mg+2].[Mg+2].[Mg+2]. The van der Waals surface area contributed by atoms with Crippen LogP contribution in [0.25, 0.3) is 0 Å². The molecule has 0 aliphatic carbocycles. The summed E-state index contributed by atoms with van der Waals surface area (Å²) in [5.41, 5.74) is -5.95. The van der Waals surface area contributed by atoms with Crippen LogP contribution in [-0.2, 0) is 33.6 Å². The standard InChI is InChI=1S/C7H15NO3.2C6H8O7.3Mg/c1-8(2,3)5-6(9)4-7(10)11;2*7-3(8)1-6(13,5(11)12)2-4(9)10;;;/h6,9H,4-5H2,1-3H3;2*13H,1-2H2,(H,7,8)(H,9,10)(H,11,12);;;/q;;;3*+2/p-6/t6-;;;;;/m0...../s1. The fourth-order valence-electron chi connectivity index (χ4n) is 2.26. The van der Waals surface area contributed by atoms with Gasteiger partial charge in [0.25, 0.3) is 0 Å². The van der Waals surface area contributed by atoms with Crippen LogP contribution in [0.4, 0.5) is 0 Å². The Morgan fingerprint density at radius 2 is 0.800 bits per heavy atom. The van der Waals surface area contributed by atoms with E-state index in [4.69, 9.17) is 15.3 Å². The summed E-state index contributed by atoms with van der Waals surface area (Å²) in [6.07, 6.45) is -6.52. The van der Waals surface area contributed by atoms with E-state index in [1.54, 1.807) is 0 Å². The molecule has 214 valence electrons. The number of carbonyl (C=O) groups excluding carboxylic acids is 7. The molecule has 40 heavy (non-hydrogen) atoms. The summed E-state index contributed by atoms with van der Waals surface area (Å²) in [7, 11) is 5.66. The minimum absolute atomic E-state index is 0. The van der Waals surface area contributed by atoms with Gasteiger partial charge in [-0.3, -0.25) is 0 Å². The van der Waals surface area contributed by atoms with Gasteiger partial charge in [0.1, 0.15) is 23.9 Å². The Morgan fingerprint density at radius 1 is 0.575 bits per heavy atom. The van der Waals surface area contributed by atoms with E-state index in [0.717, 1.165) is 0 Å². The summed E-state index contributed by atoms with van der Waals surface area (Å²) in [6, 6.07) is 0. The molecule has 0 aliphatic heterocycles. The quantitative estimate of drug-likeness (QED) is 0.121. The molecular formula is C19H25Mg3NO17. The number of likely N-dealkylation sites (N-methyl/N-ethyl adjacent to an activating group) is 1. The van der Waals surface area contributed by atoms with Crippen molar-refractivity contribution in [3.63, 3.8) is 0 Å². The van der Waals surface area contributed by atoms with Crippen LogP contribution in [0.5, 0.6) is 0 Å². The van der Waals surface area contributed by atoms with Crippen molar-refractivity contribution in [2.45, 2.75) is 49.4 Å². The predicted molar refractivity (Wildman–Crippen MR) is 114 cm³/mol. The molecule has 1 atom stereocenters. The number of carboxylic acid groups (broad SMARTS) is 7. The third-order valence-corrected chi connectivity index (χ3v) is 3.67. The number of rotatable bonds is 14. The molecule has 0 saturated heterocycles. The van der Waals surface area contributed by atoms with Crippen LogP contribution in [-0.4, -0.2) is 176 Å². The zero-order valence-corrected chi connectivity index (χ0v) is 26.2. The Labute approximate surface area is 275 Å². The van der Waals surface area contributed by atoms with Gasteiger partial charge in [-0.2, -0.15) is 0 Å². The maximum absolute atomic E-state index is 10.1. The van der Waals surface area contributed by atoms with Crippen LogP contribution in [0.1, 0.15) is 32.1 Å². The van der Waals surface area contributed by atoms with Crippen molar-refractivity contribution in [3.8, 4) is 0 Å². The molecule has 0 rings (SSSR count). The van der Waals surface area contributed by atoms with Gasteiger partial charge in [0, 0.05) is 62.0 Å². The van der Waals surface area contributed by atoms with Gasteiger partial charge in [0.2, 0.25) is 0 Å². The maximum atomic E-state index is 10.1. The van der Waals surface area contributed by atoms with Gasteiger partial charge in [0.15, 0.2) is 0 Å². The molecule has 18 nitrogen and oxygen atoms in total. The van der Waals surface area contributed by atoms with Crippen LogP contribution in [0.2, 0.25) is 0 Å². The second kappa shape index (κ2) is 23.0. The number of carboxylic acids is 7. The molecule has 0 fully saturated rings. The van der Waals surface area contributed by atoms with Crippen LogP contribution in [0.3, 0.4) is 0 Å². The van der Waals surface area contributed by atoms with Crippen molar-refractivity contribution >= 4 is 111 Å². The first-order valence-corrected chi connectivity index (χ1v) is 9.72. The topological polar surface area (TPSA) is 342 Å². The van der Waals surface area contributed by atoms with Crippen molar-refractivity contribution in [1.29, 1.82) is 0 Å². The molecule has 0 aliphatic rings. The van der Waals surface area contributed by atoms with Crippen LogP contribution >= 0.6 is 0 Å². The van der Waals surface area contributed by atoms with E-state index in [0.29, 0.717) is 11.0 Å². The Morgan fingerprint density at radius 3 is 0.925 bits per heavy atom. The zero-order valence-electron chi connectivity index (χ0n) is 21.9. The molecule has 3 N–H and O–H groups in total. The third-order valence-electron chi connectivity index (χ3n) is 3.67. The average molecular weight is 612 g/mol. The van der Waals surface area contributed by atoms with Crippen LogP contribution < -0.4 is 35.7 Å². The summed E-state index contributed by atoms with van der Waals surface area (Å²) in [4.78, 5) is 70.0. The first-order valence-electron chi connectivity index (χ1n) is 9.72. The smallest absolute Gasteiger partial charge is 0.550 e. The number of quaternary nitrogens is 1. The minimum Gasteiger partial charge on any atom is -0.550 e. The number of hydrogen-bond donors (Lipinski definition) is 3. The Kier molecular flexibility index (Phi) is 29.5. The van der Waals surface area contributed by atoms with Crippen LogP contribution in [0.15, 0.2) is 0 Å². The van der Waals surface area contributed by atoms with Gasteiger partial charge in [-0.05, 0) is 0 Å². The van der Waals surface area contributed by atoms with Crippen molar-refractivity contribution in [1.82, 2.24) is 0 Å². The van der Waals surface area contributed by atoms with E-state index in [2.05, 4.69) is 0 Å². The minimum atomic E-state index is -2.97. The summed E-state index contributed by atoms with van der Waals surface area (Å²) >= 11 is 0. The molecule has 21 heteroatoms. The molecule has 0 unspecified atom stereocenters. The van der Waals surface area contributed by atoms with Crippen molar-refractivity contribution < 1.29 is 89.1 Å². The van der Waals surface area contributed by atoms with Crippen molar-refractivity contribution in [2.75, 3.05) is 27.7 Å². The Bertz CT molecular complexity index is 775. The number of carbonyl (C=O) groups is 7. The Balaban J connectivity index is -0.000000105. The van der Waals surface area contributed by atoms with E-state index in [1.807, 2.05) is 21.1 Å². The first kappa shape index (κ1) is 51.2. The molecule has 0 amide bonds. The fourth-order valence-corrected chi connectivity index (χ4v) is 2.26. The van der Waals surface area contributed by atoms with E-state index in [1.165, 1.54) is 0 Å². The van der Waals surface area contributed by atoms with Gasteiger partial charge in [-0.25, -0.2) is 0 Å². The molecule has 0 bridgehead atoms. The summed E-state index contributed by atoms with van der Waals surface area (Å²) < 4.78 is 0.550. The summed E-state index contributed by atoms with van der Waals surface area (Å²) in [5, 5.41) is 97.0. The first-order chi connectivity index (χ1) is 16.4. The second-order valence-corrected chi connectivity index (χ2v) is 8.54. The summed E-state index contributed by atoms with van der Waals surface area (Å²) in [6.45, 7) is 0.425. The van der Waals surface area contributed by atoms with Crippen molar-refractivity contribution in [2.24, 2.45) is 0 Å². The molecule has 0 radical (unpaired) electrons. The maximum Gasteiger partial charge on any atom is 2.00 e. The normalized spacial score (nSPS) is 11.1. The molecule has 0 heterocycles.